The molecule has 1 aromatic carbocycles. The molecule has 18 nitrogen and oxygen atoms in total. The van der Waals surface area contributed by atoms with Crippen molar-refractivity contribution in [3.8, 4) is 0 Å². The van der Waals surface area contributed by atoms with Crippen molar-refractivity contribution in [2.45, 2.75) is 68.7 Å². The zero-order valence-electron chi connectivity index (χ0n) is 26.0. The number of aromatic nitrogens is 1. The molecule has 4 amide bonds. The van der Waals surface area contributed by atoms with Gasteiger partial charge in [-0.2, -0.15) is 0 Å². The molecule has 0 aliphatic carbocycles. The minimum absolute atomic E-state index is 0.0266. The molecule has 47 heavy (non-hydrogen) atoms. The Kier molecular flexibility index (Phi) is 16.1. The van der Waals surface area contributed by atoms with E-state index in [1.54, 1.807) is 6.20 Å². The molecule has 1 heterocycles. The van der Waals surface area contributed by atoms with Crippen LogP contribution in [0.4, 0.5) is 0 Å². The highest BCUT2D eigenvalue weighted by molar-refractivity contribution is 5.96. The number of aliphatic imine (C=N–C) groups is 1. The number of nitrogens with one attached hydrogen (secondary N) is 5. The number of carboxylic acids is 1. The van der Waals surface area contributed by atoms with Gasteiger partial charge in [0.1, 0.15) is 24.2 Å². The summed E-state index contributed by atoms with van der Waals surface area (Å²) in [5.74, 6) is -4.87. The van der Waals surface area contributed by atoms with Crippen LogP contribution >= 0.6 is 0 Å². The average Bonchev–Trinajstić information content (AvgIpc) is 3.45. The molecule has 0 saturated heterocycles. The molecule has 0 bridgehead atoms. The second kappa shape index (κ2) is 19.7. The number of nitrogens with two attached hydrogens (primary N) is 4. The summed E-state index contributed by atoms with van der Waals surface area (Å²) in [6.07, 6.45) is 3.35. The van der Waals surface area contributed by atoms with Crippen LogP contribution in [0.5, 0.6) is 0 Å². The van der Waals surface area contributed by atoms with E-state index in [1.807, 2.05) is 29.6 Å². The molecule has 0 aliphatic heterocycles. The van der Waals surface area contributed by atoms with Gasteiger partial charge >= 0.3 is 5.97 Å². The minimum Gasteiger partial charge on any atom is -0.480 e. The number of carbonyl (C=O) groups is 5. The number of hydrogen-bond donors (Lipinski definition) is 12. The predicted molar refractivity (Wildman–Crippen MR) is 172 cm³/mol. The number of para-hydroxylation sites is 1. The third-order valence-corrected chi connectivity index (χ3v) is 7.23. The molecule has 0 spiro atoms. The maximum atomic E-state index is 13.7. The summed E-state index contributed by atoms with van der Waals surface area (Å²) in [4.78, 5) is 70.9. The van der Waals surface area contributed by atoms with Crippen LogP contribution in [0, 0.1) is 0 Å². The number of carbonyl (C=O) groups excluding carboxylic acids is 4. The Morgan fingerprint density at radius 2 is 1.38 bits per heavy atom. The van der Waals surface area contributed by atoms with Crippen LogP contribution in [-0.2, 0) is 30.4 Å². The fourth-order valence-electron chi connectivity index (χ4n) is 4.62. The molecular formula is C29H46N10O8. The van der Waals surface area contributed by atoms with Gasteiger partial charge in [0.25, 0.3) is 0 Å². The number of hydrogen-bond acceptors (Lipinski definition) is 10. The highest BCUT2D eigenvalue weighted by Gasteiger charge is 2.32. The SMILES string of the molecule is NCCCC[C@H](NC(=O)[C@H](Cc1c[nH]c2ccccc12)NC(=O)[C@@H](N)CCCN=C(N)N)C(=O)N[C@@H](CO)C(=O)N[C@@H](CO)C(=O)O. The van der Waals surface area contributed by atoms with Gasteiger partial charge in [-0.25, -0.2) is 4.79 Å². The molecule has 2 aromatic rings. The van der Waals surface area contributed by atoms with Crippen molar-refractivity contribution in [3.63, 3.8) is 0 Å². The smallest absolute Gasteiger partial charge is 0.328 e. The molecule has 0 saturated carbocycles. The van der Waals surface area contributed by atoms with Gasteiger partial charge in [0, 0.05) is 30.1 Å². The van der Waals surface area contributed by atoms with Crippen molar-refractivity contribution in [1.29, 1.82) is 0 Å². The lowest BCUT2D eigenvalue weighted by atomic mass is 10.0. The fourth-order valence-corrected chi connectivity index (χ4v) is 4.62. The molecule has 16 N–H and O–H groups in total. The van der Waals surface area contributed by atoms with Crippen LogP contribution in [0.15, 0.2) is 35.5 Å². The predicted octanol–water partition coefficient (Wildman–Crippen LogP) is -3.77. The van der Waals surface area contributed by atoms with Gasteiger partial charge in [-0.1, -0.05) is 18.2 Å². The Morgan fingerprint density at radius 1 is 0.787 bits per heavy atom. The van der Waals surface area contributed by atoms with Gasteiger partial charge in [0.2, 0.25) is 23.6 Å². The van der Waals surface area contributed by atoms with E-state index in [0.29, 0.717) is 31.4 Å². The number of amides is 4. The Balaban J connectivity index is 2.27. The van der Waals surface area contributed by atoms with Gasteiger partial charge in [-0.05, 0) is 50.3 Å². The van der Waals surface area contributed by atoms with Gasteiger partial charge in [0.15, 0.2) is 5.96 Å². The summed E-state index contributed by atoms with van der Waals surface area (Å²) >= 11 is 0. The number of aliphatic carboxylic acids is 1. The van der Waals surface area contributed by atoms with E-state index in [-0.39, 0.29) is 31.8 Å². The van der Waals surface area contributed by atoms with Crippen LogP contribution in [0.25, 0.3) is 10.9 Å². The molecule has 260 valence electrons. The van der Waals surface area contributed by atoms with E-state index < -0.39 is 73.0 Å². The van der Waals surface area contributed by atoms with E-state index in [1.165, 1.54) is 0 Å². The number of nitrogens with zero attached hydrogens (tertiary/aromatic N) is 1. The zero-order valence-corrected chi connectivity index (χ0v) is 26.0. The quantitative estimate of drug-likeness (QED) is 0.0348. The highest BCUT2D eigenvalue weighted by atomic mass is 16.4. The monoisotopic (exact) mass is 662 g/mol. The van der Waals surface area contributed by atoms with Crippen molar-refractivity contribution in [2.24, 2.45) is 27.9 Å². The van der Waals surface area contributed by atoms with Crippen molar-refractivity contribution in [2.75, 3.05) is 26.3 Å². The summed E-state index contributed by atoms with van der Waals surface area (Å²) in [5, 5.41) is 38.5. The second-order valence-corrected chi connectivity index (χ2v) is 10.9. The van der Waals surface area contributed by atoms with Crippen molar-refractivity contribution >= 4 is 46.5 Å². The number of unbranched alkanes of at least 4 members (excludes halogenated alkanes) is 1. The van der Waals surface area contributed by atoms with E-state index in [4.69, 9.17) is 28.0 Å². The average molecular weight is 663 g/mol. The first-order valence-electron chi connectivity index (χ1n) is 15.1. The lowest BCUT2D eigenvalue weighted by Gasteiger charge is -2.26. The second-order valence-electron chi connectivity index (χ2n) is 10.9. The minimum atomic E-state index is -1.67. The third-order valence-electron chi connectivity index (χ3n) is 7.23. The summed E-state index contributed by atoms with van der Waals surface area (Å²) in [5.41, 5.74) is 23.9. The first-order chi connectivity index (χ1) is 22.4. The molecule has 2 rings (SSSR count). The Bertz CT molecular complexity index is 1380. The largest absolute Gasteiger partial charge is 0.480 e. The van der Waals surface area contributed by atoms with E-state index in [0.717, 1.165) is 10.9 Å². The Labute approximate surface area is 271 Å². The van der Waals surface area contributed by atoms with Crippen LogP contribution in [0.3, 0.4) is 0 Å². The lowest BCUT2D eigenvalue weighted by molar-refractivity contribution is -0.143. The molecule has 1 aromatic heterocycles. The van der Waals surface area contributed by atoms with Crippen LogP contribution in [0.1, 0.15) is 37.7 Å². The van der Waals surface area contributed by atoms with Gasteiger partial charge in [-0.15, -0.1) is 0 Å². The molecule has 0 fully saturated rings. The van der Waals surface area contributed by atoms with Gasteiger partial charge in [-0.3, -0.25) is 24.2 Å². The molecule has 18 heteroatoms. The first-order valence-corrected chi connectivity index (χ1v) is 15.1. The maximum absolute atomic E-state index is 13.7. The Hall–Kier alpha value is -4.78. The standard InChI is InChI=1S/C29H46N10O8/c30-10-4-3-9-20(25(43)38-22(14-40)27(45)39-23(15-41)28(46)47)36-26(44)21(12-16-13-35-19-8-2-1-6-17(16)19)37-24(42)18(31)7-5-11-34-29(32)33/h1-2,6,8,13,18,20-23,35,40-41H,3-5,7,9-12,14-15,30-31H2,(H,36,44)(H,37,42)(H,38,43)(H,39,45)(H,46,47)(H4,32,33,34)/t18-,20-,21-,22-,23-/m0/s1. The number of aliphatic hydroxyl groups excluding tert-OH is 2. The van der Waals surface area contributed by atoms with Crippen LogP contribution in [-0.4, -0.2) is 112 Å². The number of benzene rings is 1. The van der Waals surface area contributed by atoms with Gasteiger partial charge < -0.3 is 64.5 Å². The third kappa shape index (κ3) is 12.5. The van der Waals surface area contributed by atoms with E-state index >= 15 is 0 Å². The van der Waals surface area contributed by atoms with Crippen molar-refractivity contribution in [3.05, 3.63) is 36.0 Å². The summed E-state index contributed by atoms with van der Waals surface area (Å²) in [6.45, 7) is -1.26. The molecule has 5 atom stereocenters. The molecule has 0 aliphatic rings. The van der Waals surface area contributed by atoms with Crippen LogP contribution < -0.4 is 44.2 Å². The van der Waals surface area contributed by atoms with E-state index in [9.17, 15) is 34.2 Å². The van der Waals surface area contributed by atoms with Gasteiger partial charge in [0.05, 0.1) is 19.3 Å². The highest BCUT2D eigenvalue weighted by Crippen LogP contribution is 2.19. The van der Waals surface area contributed by atoms with Crippen molar-refractivity contribution in [1.82, 2.24) is 26.3 Å². The summed E-state index contributed by atoms with van der Waals surface area (Å²) in [6, 6.07) is 0.683. The number of fused-ring (bicyclic) bond motifs is 1. The maximum Gasteiger partial charge on any atom is 0.328 e. The number of H-pyrrole nitrogens is 1. The normalized spacial score (nSPS) is 14.2. The fraction of sp³-hybridized carbons (Fsp3) is 0.517. The number of aromatic amines is 1. The molecule has 0 radical (unpaired) electrons. The topological polar surface area (TPSA) is 326 Å². The van der Waals surface area contributed by atoms with E-state index in [2.05, 4.69) is 25.9 Å². The molecular weight excluding hydrogens is 616 g/mol. The van der Waals surface area contributed by atoms with Crippen LogP contribution in [0.2, 0.25) is 0 Å². The number of carboxylic acid groups (broad SMARTS) is 1. The molecule has 0 unspecified atom stereocenters. The first kappa shape index (κ1) is 38.4. The summed E-state index contributed by atoms with van der Waals surface area (Å²) < 4.78 is 0. The zero-order chi connectivity index (χ0) is 34.9. The number of rotatable bonds is 21. The lowest BCUT2D eigenvalue weighted by Crippen LogP contribution is -2.59. The summed E-state index contributed by atoms with van der Waals surface area (Å²) in [7, 11) is 0. The number of aliphatic hydroxyl groups is 2. The van der Waals surface area contributed by atoms with Crippen molar-refractivity contribution < 1.29 is 39.3 Å². The number of guanidine groups is 1. The Morgan fingerprint density at radius 3 is 2.02 bits per heavy atom.